The summed E-state index contributed by atoms with van der Waals surface area (Å²) in [4.78, 5) is 25.1. The molecule has 0 saturated carbocycles. The highest BCUT2D eigenvalue weighted by Gasteiger charge is 2.36. The van der Waals surface area contributed by atoms with Gasteiger partial charge in [-0.05, 0) is 31.2 Å². The number of esters is 1. The molecule has 106 valence electrons. The molecule has 1 heterocycles. The number of aliphatic hydroxyl groups excluding tert-OH is 1. The van der Waals surface area contributed by atoms with Gasteiger partial charge in [0.15, 0.2) is 5.57 Å². The largest absolute Gasteiger partial charge is 0.509 e. The lowest BCUT2D eigenvalue weighted by atomic mass is 10.2. The maximum atomic E-state index is 12.2. The molecule has 6 nitrogen and oxygen atoms in total. The second kappa shape index (κ2) is 5.64. The van der Waals surface area contributed by atoms with Crippen LogP contribution in [-0.2, 0) is 14.3 Å². The van der Waals surface area contributed by atoms with Crippen LogP contribution in [0.4, 0.5) is 5.69 Å². The minimum Gasteiger partial charge on any atom is -0.509 e. The van der Waals surface area contributed by atoms with Crippen LogP contribution in [0.3, 0.4) is 0 Å². The van der Waals surface area contributed by atoms with E-state index in [1.807, 2.05) is 0 Å². The number of nitrogens with zero attached hydrogens (tertiary/aromatic N) is 1. The molecule has 0 aliphatic carbocycles. The zero-order valence-electron chi connectivity index (χ0n) is 11.3. The highest BCUT2D eigenvalue weighted by Crippen LogP contribution is 2.26. The van der Waals surface area contributed by atoms with Crippen molar-refractivity contribution in [3.05, 3.63) is 35.6 Å². The zero-order chi connectivity index (χ0) is 14.7. The number of carbonyl (C=O) groups is 2. The van der Waals surface area contributed by atoms with Crippen LogP contribution in [0, 0.1) is 0 Å². The molecule has 0 saturated heterocycles. The van der Waals surface area contributed by atoms with Gasteiger partial charge in [0.25, 0.3) is 5.91 Å². The first kappa shape index (κ1) is 13.9. The van der Waals surface area contributed by atoms with E-state index < -0.39 is 11.9 Å². The minimum absolute atomic E-state index is 0.0424. The Morgan fingerprint density at radius 2 is 2.00 bits per heavy atom. The molecule has 1 aromatic carbocycles. The van der Waals surface area contributed by atoms with Crippen molar-refractivity contribution < 1.29 is 24.2 Å². The minimum atomic E-state index is -0.800. The lowest BCUT2D eigenvalue weighted by molar-refractivity contribution is -0.139. The first-order valence-corrected chi connectivity index (χ1v) is 6.13. The topological polar surface area (TPSA) is 76.1 Å². The summed E-state index contributed by atoms with van der Waals surface area (Å²) in [6, 6.07) is 6.75. The highest BCUT2D eigenvalue weighted by molar-refractivity contribution is 6.24. The van der Waals surface area contributed by atoms with Gasteiger partial charge in [-0.25, -0.2) is 4.79 Å². The van der Waals surface area contributed by atoms with Gasteiger partial charge in [0.2, 0.25) is 0 Å². The molecular weight excluding hydrogens is 262 g/mol. The van der Waals surface area contributed by atoms with Crippen molar-refractivity contribution in [2.24, 2.45) is 0 Å². The summed E-state index contributed by atoms with van der Waals surface area (Å²) in [5, 5.41) is 9.78. The van der Waals surface area contributed by atoms with Crippen LogP contribution in [0.15, 0.2) is 35.6 Å². The average molecular weight is 277 g/mol. The van der Waals surface area contributed by atoms with Crippen molar-refractivity contribution in [3.8, 4) is 5.75 Å². The number of methoxy groups -OCH3 is 1. The van der Waals surface area contributed by atoms with Crippen LogP contribution >= 0.6 is 0 Å². The van der Waals surface area contributed by atoms with E-state index in [1.54, 1.807) is 38.3 Å². The molecule has 1 aromatic rings. The van der Waals surface area contributed by atoms with Crippen LogP contribution < -0.4 is 9.64 Å². The van der Waals surface area contributed by atoms with Crippen molar-refractivity contribution in [1.82, 2.24) is 0 Å². The molecule has 0 bridgehead atoms. The summed E-state index contributed by atoms with van der Waals surface area (Å²) in [6.45, 7) is 1.74. The summed E-state index contributed by atoms with van der Waals surface area (Å²) >= 11 is 0. The molecule has 0 fully saturated rings. The summed E-state index contributed by atoms with van der Waals surface area (Å²) < 4.78 is 9.80. The third kappa shape index (κ3) is 2.45. The quantitative estimate of drug-likeness (QED) is 0.665. The number of hydrogen-bond acceptors (Lipinski definition) is 5. The van der Waals surface area contributed by atoms with E-state index >= 15 is 0 Å². The molecular formula is C14H15NO5. The van der Waals surface area contributed by atoms with Gasteiger partial charge in [-0.2, -0.15) is 0 Å². The summed E-state index contributed by atoms with van der Waals surface area (Å²) in [5.41, 5.74) is 0.268. The summed E-state index contributed by atoms with van der Waals surface area (Å²) in [7, 11) is 1.54. The fourth-order valence-corrected chi connectivity index (χ4v) is 1.94. The summed E-state index contributed by atoms with van der Waals surface area (Å²) in [6.07, 6.45) is 0. The molecule has 1 aliphatic rings. The first-order valence-electron chi connectivity index (χ1n) is 6.13. The summed E-state index contributed by atoms with van der Waals surface area (Å²) in [5.74, 6) is -0.982. The predicted octanol–water partition coefficient (Wildman–Crippen LogP) is 1.42. The Morgan fingerprint density at radius 1 is 1.35 bits per heavy atom. The standard InChI is InChI=1S/C14H15NO5/c1-3-20-14(18)12-11(16)8-15(13(12)17)9-4-6-10(19-2)7-5-9/h4-7,16H,3,8H2,1-2H3. The molecule has 1 aliphatic heterocycles. The second-order valence-corrected chi connectivity index (χ2v) is 4.13. The number of rotatable bonds is 4. The lowest BCUT2D eigenvalue weighted by Crippen LogP contribution is -2.29. The fourth-order valence-electron chi connectivity index (χ4n) is 1.94. The Hall–Kier alpha value is -2.50. The molecule has 1 amide bonds. The van der Waals surface area contributed by atoms with Gasteiger partial charge in [-0.15, -0.1) is 0 Å². The fraction of sp³-hybridized carbons (Fsp3) is 0.286. The monoisotopic (exact) mass is 277 g/mol. The van der Waals surface area contributed by atoms with E-state index in [-0.39, 0.29) is 24.5 Å². The van der Waals surface area contributed by atoms with Crippen molar-refractivity contribution in [2.75, 3.05) is 25.2 Å². The Labute approximate surface area is 116 Å². The van der Waals surface area contributed by atoms with E-state index in [4.69, 9.17) is 9.47 Å². The third-order valence-corrected chi connectivity index (χ3v) is 2.92. The number of hydrogen-bond donors (Lipinski definition) is 1. The van der Waals surface area contributed by atoms with Gasteiger partial charge in [0.05, 0.1) is 20.3 Å². The number of carbonyl (C=O) groups excluding carboxylic acids is 2. The molecule has 6 heteroatoms. The average Bonchev–Trinajstić information content (AvgIpc) is 2.74. The van der Waals surface area contributed by atoms with E-state index in [9.17, 15) is 14.7 Å². The molecule has 1 N–H and O–H groups in total. The van der Waals surface area contributed by atoms with E-state index in [0.717, 1.165) is 0 Å². The van der Waals surface area contributed by atoms with Crippen LogP contribution in [0.25, 0.3) is 0 Å². The van der Waals surface area contributed by atoms with Gasteiger partial charge in [0, 0.05) is 5.69 Å². The van der Waals surface area contributed by atoms with Crippen LogP contribution in [0.5, 0.6) is 5.75 Å². The Bertz CT molecular complexity index is 561. The normalized spacial score (nSPS) is 14.7. The van der Waals surface area contributed by atoms with Gasteiger partial charge in [0.1, 0.15) is 11.5 Å². The van der Waals surface area contributed by atoms with Crippen molar-refractivity contribution in [2.45, 2.75) is 6.92 Å². The molecule has 0 aromatic heterocycles. The number of anilines is 1. The molecule has 0 unspecified atom stereocenters. The zero-order valence-corrected chi connectivity index (χ0v) is 11.3. The Balaban J connectivity index is 2.21. The van der Waals surface area contributed by atoms with Gasteiger partial charge < -0.3 is 19.5 Å². The number of aliphatic hydroxyl groups is 1. The van der Waals surface area contributed by atoms with Crippen LogP contribution in [0.1, 0.15) is 6.92 Å². The van der Waals surface area contributed by atoms with Crippen LogP contribution in [0.2, 0.25) is 0 Å². The molecule has 2 rings (SSSR count). The van der Waals surface area contributed by atoms with Gasteiger partial charge in [-0.1, -0.05) is 0 Å². The smallest absolute Gasteiger partial charge is 0.347 e. The molecule has 0 atom stereocenters. The Kier molecular flexibility index (Phi) is 3.93. The van der Waals surface area contributed by atoms with E-state index in [2.05, 4.69) is 0 Å². The SMILES string of the molecule is CCOC(=O)C1=C(O)CN(c2ccc(OC)cc2)C1=O. The molecule has 20 heavy (non-hydrogen) atoms. The molecule has 0 radical (unpaired) electrons. The van der Waals surface area contributed by atoms with E-state index in [1.165, 1.54) is 4.90 Å². The van der Waals surface area contributed by atoms with Gasteiger partial charge in [-0.3, -0.25) is 4.79 Å². The third-order valence-electron chi connectivity index (χ3n) is 2.92. The van der Waals surface area contributed by atoms with Crippen molar-refractivity contribution in [1.29, 1.82) is 0 Å². The number of ether oxygens (including phenoxy) is 2. The number of benzene rings is 1. The predicted molar refractivity (Wildman–Crippen MR) is 71.6 cm³/mol. The maximum Gasteiger partial charge on any atom is 0.347 e. The van der Waals surface area contributed by atoms with E-state index in [0.29, 0.717) is 11.4 Å². The second-order valence-electron chi connectivity index (χ2n) is 4.13. The number of amides is 1. The molecule has 0 spiro atoms. The van der Waals surface area contributed by atoms with Gasteiger partial charge >= 0.3 is 5.97 Å². The Morgan fingerprint density at radius 3 is 2.55 bits per heavy atom. The lowest BCUT2D eigenvalue weighted by Gasteiger charge is -2.16. The maximum absolute atomic E-state index is 12.2. The van der Waals surface area contributed by atoms with Crippen LogP contribution in [-0.4, -0.2) is 37.2 Å². The van der Waals surface area contributed by atoms with Crippen molar-refractivity contribution >= 4 is 17.6 Å². The van der Waals surface area contributed by atoms with Crippen molar-refractivity contribution in [3.63, 3.8) is 0 Å². The highest BCUT2D eigenvalue weighted by atomic mass is 16.5. The first-order chi connectivity index (χ1) is 9.58.